The van der Waals surface area contributed by atoms with Crippen molar-refractivity contribution >= 4 is 39.2 Å². The zero-order chi connectivity index (χ0) is 22.0. The van der Waals surface area contributed by atoms with Crippen molar-refractivity contribution in [1.82, 2.24) is 15.3 Å². The number of thioether (sulfide) groups is 1. The molecule has 6 nitrogen and oxygen atoms in total. The summed E-state index contributed by atoms with van der Waals surface area (Å²) in [4.78, 5) is 34.8. The van der Waals surface area contributed by atoms with Crippen LogP contribution in [-0.4, -0.2) is 28.2 Å². The molecule has 0 bridgehead atoms. The molecule has 4 rings (SSSR count). The van der Waals surface area contributed by atoms with Crippen molar-refractivity contribution in [2.45, 2.75) is 51.2 Å². The van der Waals surface area contributed by atoms with E-state index in [-0.39, 0.29) is 23.3 Å². The van der Waals surface area contributed by atoms with E-state index in [9.17, 15) is 9.59 Å². The molecule has 1 aliphatic heterocycles. The summed E-state index contributed by atoms with van der Waals surface area (Å²) in [6, 6.07) is 7.72. The molecule has 0 saturated carbocycles. The highest BCUT2D eigenvalue weighted by molar-refractivity contribution is 7.99. The number of thiophene rings is 1. The quantitative estimate of drug-likeness (QED) is 0.400. The van der Waals surface area contributed by atoms with Gasteiger partial charge in [-0.2, -0.15) is 0 Å². The lowest BCUT2D eigenvalue weighted by molar-refractivity contribution is -0.119. The summed E-state index contributed by atoms with van der Waals surface area (Å²) in [5.74, 6) is 1.44. The highest BCUT2D eigenvalue weighted by Gasteiger charge is 2.23. The van der Waals surface area contributed by atoms with E-state index in [1.165, 1.54) is 11.8 Å². The van der Waals surface area contributed by atoms with Crippen LogP contribution in [0.1, 0.15) is 48.7 Å². The van der Waals surface area contributed by atoms with Crippen LogP contribution in [0.25, 0.3) is 10.2 Å². The number of aromatic amines is 1. The zero-order valence-corrected chi connectivity index (χ0v) is 19.6. The second-order valence-electron chi connectivity index (χ2n) is 7.99. The van der Waals surface area contributed by atoms with Gasteiger partial charge < -0.3 is 15.0 Å². The van der Waals surface area contributed by atoms with Crippen molar-refractivity contribution < 1.29 is 9.53 Å². The maximum absolute atomic E-state index is 12.8. The van der Waals surface area contributed by atoms with Crippen LogP contribution in [0, 0.1) is 12.8 Å². The minimum Gasteiger partial charge on any atom is -0.493 e. The van der Waals surface area contributed by atoms with E-state index in [0.29, 0.717) is 23.1 Å². The Morgan fingerprint density at radius 1 is 1.42 bits per heavy atom. The molecule has 0 spiro atoms. The van der Waals surface area contributed by atoms with Crippen molar-refractivity contribution in [3.63, 3.8) is 0 Å². The van der Waals surface area contributed by atoms with Crippen LogP contribution in [0.3, 0.4) is 0 Å². The third-order valence-electron chi connectivity index (χ3n) is 5.72. The number of nitrogens with zero attached hydrogens (tertiary/aromatic N) is 1. The summed E-state index contributed by atoms with van der Waals surface area (Å²) < 4.78 is 5.66. The van der Waals surface area contributed by atoms with E-state index >= 15 is 0 Å². The van der Waals surface area contributed by atoms with E-state index < -0.39 is 0 Å². The standard InChI is InChI=1S/C23H27N3O3S2/c1-4-13(2)11-16-14(3)31-22-20(16)21(28)25-23(26-22)30-12-19(27)24-17-9-10-29-18-8-6-5-7-15(17)18/h5-8,13,17H,4,9-12H2,1-3H3,(H,24,27)(H,25,26,28). The van der Waals surface area contributed by atoms with Crippen molar-refractivity contribution in [2.24, 2.45) is 5.92 Å². The van der Waals surface area contributed by atoms with Crippen molar-refractivity contribution in [3.8, 4) is 5.75 Å². The minimum atomic E-state index is -0.117. The molecule has 2 unspecified atom stereocenters. The first-order valence-electron chi connectivity index (χ1n) is 10.6. The Bertz CT molecular complexity index is 1150. The number of para-hydroxylation sites is 1. The maximum Gasteiger partial charge on any atom is 0.260 e. The highest BCUT2D eigenvalue weighted by atomic mass is 32.2. The number of carbonyl (C=O) groups excluding carboxylic acids is 1. The molecule has 0 radical (unpaired) electrons. The fourth-order valence-electron chi connectivity index (χ4n) is 3.82. The van der Waals surface area contributed by atoms with Crippen molar-refractivity contribution in [1.29, 1.82) is 0 Å². The van der Waals surface area contributed by atoms with Crippen LogP contribution in [0.15, 0.2) is 34.2 Å². The Labute approximate surface area is 189 Å². The van der Waals surface area contributed by atoms with Gasteiger partial charge in [-0.15, -0.1) is 11.3 Å². The number of amides is 1. The van der Waals surface area contributed by atoms with E-state index in [1.807, 2.05) is 24.3 Å². The highest BCUT2D eigenvalue weighted by Crippen LogP contribution is 2.32. The summed E-state index contributed by atoms with van der Waals surface area (Å²) in [5, 5.41) is 4.27. The monoisotopic (exact) mass is 457 g/mol. The number of hydrogen-bond donors (Lipinski definition) is 2. The molecule has 1 aromatic carbocycles. The normalized spacial score (nSPS) is 16.5. The van der Waals surface area contributed by atoms with Crippen LogP contribution in [0.4, 0.5) is 0 Å². The summed E-state index contributed by atoms with van der Waals surface area (Å²) >= 11 is 2.81. The van der Waals surface area contributed by atoms with Crippen LogP contribution < -0.4 is 15.6 Å². The van der Waals surface area contributed by atoms with Gasteiger partial charge in [-0.1, -0.05) is 50.2 Å². The third-order valence-corrected chi connectivity index (χ3v) is 7.64. The van der Waals surface area contributed by atoms with Gasteiger partial charge in [0.15, 0.2) is 5.16 Å². The van der Waals surface area contributed by atoms with Gasteiger partial charge in [-0.25, -0.2) is 4.98 Å². The number of nitrogens with one attached hydrogen (secondary N) is 2. The number of carbonyl (C=O) groups is 1. The maximum atomic E-state index is 12.8. The van der Waals surface area contributed by atoms with Gasteiger partial charge in [0.05, 0.1) is 23.8 Å². The molecular weight excluding hydrogens is 430 g/mol. The minimum absolute atomic E-state index is 0.0596. The molecule has 2 N–H and O–H groups in total. The predicted molar refractivity (Wildman–Crippen MR) is 126 cm³/mol. The molecule has 31 heavy (non-hydrogen) atoms. The average Bonchev–Trinajstić information content (AvgIpc) is 3.07. The molecule has 3 aromatic rings. The van der Waals surface area contributed by atoms with Gasteiger partial charge in [0.25, 0.3) is 5.56 Å². The Balaban J connectivity index is 1.45. The molecule has 0 aliphatic carbocycles. The summed E-state index contributed by atoms with van der Waals surface area (Å²) in [7, 11) is 0. The fourth-order valence-corrected chi connectivity index (χ4v) is 5.61. The average molecular weight is 458 g/mol. The smallest absolute Gasteiger partial charge is 0.260 e. The number of rotatable bonds is 7. The molecule has 1 aliphatic rings. The largest absolute Gasteiger partial charge is 0.493 e. The number of H-pyrrole nitrogens is 1. The fraction of sp³-hybridized carbons (Fsp3) is 0.435. The van der Waals surface area contributed by atoms with E-state index in [4.69, 9.17) is 4.74 Å². The Hall–Kier alpha value is -2.32. The number of aromatic nitrogens is 2. The number of hydrogen-bond acceptors (Lipinski definition) is 6. The van der Waals surface area contributed by atoms with Crippen LogP contribution in [0.2, 0.25) is 0 Å². The van der Waals surface area contributed by atoms with Crippen LogP contribution >= 0.6 is 23.1 Å². The summed E-state index contributed by atoms with van der Waals surface area (Å²) in [6.07, 6.45) is 2.69. The number of ether oxygens (including phenoxy) is 1. The molecule has 1 amide bonds. The first kappa shape index (κ1) is 21.9. The lowest BCUT2D eigenvalue weighted by Gasteiger charge is -2.26. The summed E-state index contributed by atoms with van der Waals surface area (Å²) in [5.41, 5.74) is 1.99. The third kappa shape index (κ3) is 4.80. The number of fused-ring (bicyclic) bond motifs is 2. The molecule has 3 heterocycles. The lowest BCUT2D eigenvalue weighted by Crippen LogP contribution is -2.33. The van der Waals surface area contributed by atoms with Gasteiger partial charge in [0.1, 0.15) is 10.6 Å². The Morgan fingerprint density at radius 2 is 2.23 bits per heavy atom. The SMILES string of the molecule is CCC(C)Cc1c(C)sc2nc(SCC(=O)NC3CCOc4ccccc43)[nH]c(=O)c12. The Morgan fingerprint density at radius 3 is 3.03 bits per heavy atom. The van der Waals surface area contributed by atoms with Gasteiger partial charge in [0.2, 0.25) is 5.91 Å². The van der Waals surface area contributed by atoms with Crippen LogP contribution in [-0.2, 0) is 11.2 Å². The van der Waals surface area contributed by atoms with E-state index in [2.05, 4.69) is 36.1 Å². The van der Waals surface area contributed by atoms with Crippen molar-refractivity contribution in [2.75, 3.05) is 12.4 Å². The molecule has 0 fully saturated rings. The molecule has 8 heteroatoms. The van der Waals surface area contributed by atoms with Gasteiger partial charge in [0, 0.05) is 16.9 Å². The van der Waals surface area contributed by atoms with E-state index in [1.54, 1.807) is 11.3 Å². The first-order chi connectivity index (χ1) is 15.0. The number of benzene rings is 1. The van der Waals surface area contributed by atoms with Crippen LogP contribution in [0.5, 0.6) is 5.75 Å². The molecule has 164 valence electrons. The summed E-state index contributed by atoms with van der Waals surface area (Å²) in [6.45, 7) is 6.99. The predicted octanol–water partition coefficient (Wildman–Crippen LogP) is 4.61. The molecule has 2 aromatic heterocycles. The second kappa shape index (κ2) is 9.44. The van der Waals surface area contributed by atoms with Crippen molar-refractivity contribution in [3.05, 3.63) is 50.6 Å². The molecular formula is C23H27N3O3S2. The van der Waals surface area contributed by atoms with Gasteiger partial charge in [-0.05, 0) is 30.9 Å². The van der Waals surface area contributed by atoms with Gasteiger partial charge >= 0.3 is 0 Å². The molecule has 2 atom stereocenters. The first-order valence-corrected chi connectivity index (χ1v) is 12.4. The topological polar surface area (TPSA) is 84.1 Å². The number of aryl methyl sites for hydroxylation is 1. The Kier molecular flexibility index (Phi) is 6.67. The zero-order valence-electron chi connectivity index (χ0n) is 18.0. The van der Waals surface area contributed by atoms with Gasteiger partial charge in [-0.3, -0.25) is 9.59 Å². The molecule has 0 saturated heterocycles. The van der Waals surface area contributed by atoms with E-state index in [0.717, 1.165) is 45.8 Å². The lowest BCUT2D eigenvalue weighted by atomic mass is 9.98. The second-order valence-corrected chi connectivity index (χ2v) is 10.2.